The first-order valence-corrected chi connectivity index (χ1v) is 10.0. The maximum atomic E-state index is 6.28. The number of hydrogen-bond donors (Lipinski definition) is 0. The zero-order valence-corrected chi connectivity index (χ0v) is 17.0. The largest absolute Gasteiger partial charge is 0.497 e. The summed E-state index contributed by atoms with van der Waals surface area (Å²) in [7, 11) is 3.37. The van der Waals surface area contributed by atoms with Crippen molar-refractivity contribution in [1.82, 2.24) is 0 Å². The molecule has 150 valence electrons. The maximum Gasteiger partial charge on any atom is 0.135 e. The van der Waals surface area contributed by atoms with Crippen LogP contribution < -0.4 is 14.4 Å². The fraction of sp³-hybridized carbons (Fsp3) is 0.280. The molecular weight excluding hydrogens is 362 g/mol. The van der Waals surface area contributed by atoms with E-state index >= 15 is 0 Å². The minimum Gasteiger partial charge on any atom is -0.497 e. The molecule has 0 saturated carbocycles. The van der Waals surface area contributed by atoms with E-state index < -0.39 is 0 Å². The lowest BCUT2D eigenvalue weighted by Crippen LogP contribution is -2.38. The highest BCUT2D eigenvalue weighted by atomic mass is 16.5. The van der Waals surface area contributed by atoms with Gasteiger partial charge >= 0.3 is 0 Å². The predicted molar refractivity (Wildman–Crippen MR) is 116 cm³/mol. The number of benzene rings is 3. The molecule has 0 aromatic heterocycles. The summed E-state index contributed by atoms with van der Waals surface area (Å²) < 4.78 is 17.0. The third-order valence-corrected chi connectivity index (χ3v) is 5.52. The van der Waals surface area contributed by atoms with Crippen LogP contribution in [0.3, 0.4) is 0 Å². The van der Waals surface area contributed by atoms with Crippen LogP contribution in [-0.4, -0.2) is 27.1 Å². The highest BCUT2D eigenvalue weighted by molar-refractivity contribution is 5.65. The van der Waals surface area contributed by atoms with Crippen LogP contribution in [0.5, 0.6) is 11.5 Å². The molecule has 1 aliphatic heterocycles. The Morgan fingerprint density at radius 1 is 0.759 bits per heavy atom. The van der Waals surface area contributed by atoms with E-state index in [1.165, 1.54) is 5.56 Å². The van der Waals surface area contributed by atoms with Crippen molar-refractivity contribution in [2.75, 3.05) is 25.7 Å². The quantitative estimate of drug-likeness (QED) is 0.536. The van der Waals surface area contributed by atoms with Crippen molar-refractivity contribution in [2.24, 2.45) is 0 Å². The van der Waals surface area contributed by atoms with Gasteiger partial charge in [-0.1, -0.05) is 30.3 Å². The number of nitrogens with zero attached hydrogens (tertiary/aromatic N) is 1. The van der Waals surface area contributed by atoms with E-state index in [0.717, 1.165) is 42.3 Å². The van der Waals surface area contributed by atoms with E-state index in [0.29, 0.717) is 5.92 Å². The predicted octanol–water partition coefficient (Wildman–Crippen LogP) is 5.76. The van der Waals surface area contributed by atoms with Gasteiger partial charge in [0.05, 0.1) is 14.2 Å². The molecule has 4 rings (SSSR count). The van der Waals surface area contributed by atoms with E-state index in [9.17, 15) is 0 Å². The van der Waals surface area contributed by atoms with Crippen molar-refractivity contribution in [2.45, 2.75) is 25.0 Å². The molecule has 4 nitrogen and oxygen atoms in total. The molecule has 29 heavy (non-hydrogen) atoms. The van der Waals surface area contributed by atoms with Crippen LogP contribution >= 0.6 is 0 Å². The van der Waals surface area contributed by atoms with Gasteiger partial charge in [0.1, 0.15) is 17.7 Å². The summed E-state index contributed by atoms with van der Waals surface area (Å²) in [4.78, 5) is 2.27. The van der Waals surface area contributed by atoms with Crippen molar-refractivity contribution < 1.29 is 14.2 Å². The summed E-state index contributed by atoms with van der Waals surface area (Å²) in [5, 5.41) is 0. The van der Waals surface area contributed by atoms with Crippen LogP contribution in [-0.2, 0) is 4.74 Å². The summed E-state index contributed by atoms with van der Waals surface area (Å²) in [6, 6.07) is 27.0. The topological polar surface area (TPSA) is 30.9 Å². The summed E-state index contributed by atoms with van der Waals surface area (Å²) in [5.74, 6) is 2.17. The van der Waals surface area contributed by atoms with Gasteiger partial charge in [0.2, 0.25) is 0 Å². The normalized spacial score (nSPS) is 18.8. The number of hydrogen-bond acceptors (Lipinski definition) is 4. The molecule has 0 amide bonds. The van der Waals surface area contributed by atoms with E-state index in [1.54, 1.807) is 14.2 Å². The Balaban J connectivity index is 1.66. The van der Waals surface area contributed by atoms with Crippen LogP contribution in [0.4, 0.5) is 11.4 Å². The highest BCUT2D eigenvalue weighted by Crippen LogP contribution is 2.38. The molecule has 0 bridgehead atoms. The number of ether oxygens (including phenoxy) is 3. The smallest absolute Gasteiger partial charge is 0.135 e. The van der Waals surface area contributed by atoms with E-state index in [-0.39, 0.29) is 6.23 Å². The van der Waals surface area contributed by atoms with Crippen molar-refractivity contribution in [3.8, 4) is 11.5 Å². The summed E-state index contributed by atoms with van der Waals surface area (Å²) in [6.07, 6.45) is 1.93. The van der Waals surface area contributed by atoms with Gasteiger partial charge in [-0.25, -0.2) is 0 Å². The first kappa shape index (κ1) is 19.3. The number of methoxy groups -OCH3 is 2. The fourth-order valence-electron chi connectivity index (χ4n) is 3.95. The Kier molecular flexibility index (Phi) is 6.01. The molecule has 0 radical (unpaired) electrons. The molecule has 0 aliphatic carbocycles. The van der Waals surface area contributed by atoms with Crippen LogP contribution in [0.15, 0.2) is 78.9 Å². The van der Waals surface area contributed by atoms with Gasteiger partial charge in [-0.15, -0.1) is 0 Å². The van der Waals surface area contributed by atoms with E-state index in [4.69, 9.17) is 14.2 Å². The van der Waals surface area contributed by atoms with Crippen molar-refractivity contribution in [1.29, 1.82) is 0 Å². The Bertz CT molecular complexity index is 846. The molecule has 0 N–H and O–H groups in total. The fourth-order valence-corrected chi connectivity index (χ4v) is 3.95. The lowest BCUT2D eigenvalue weighted by Gasteiger charge is -2.39. The van der Waals surface area contributed by atoms with Gasteiger partial charge in [-0.05, 0) is 72.9 Å². The van der Waals surface area contributed by atoms with Crippen molar-refractivity contribution in [3.05, 3.63) is 84.4 Å². The summed E-state index contributed by atoms with van der Waals surface area (Å²) in [5.41, 5.74) is 3.54. The Morgan fingerprint density at radius 2 is 1.31 bits per heavy atom. The molecule has 4 heteroatoms. The minimum absolute atomic E-state index is 0.0456. The number of rotatable bonds is 6. The molecule has 1 fully saturated rings. The van der Waals surface area contributed by atoms with Crippen molar-refractivity contribution in [3.63, 3.8) is 0 Å². The van der Waals surface area contributed by atoms with Gasteiger partial charge in [0.15, 0.2) is 0 Å². The molecule has 2 atom stereocenters. The standard InChI is InChI=1S/C25H27NO3/c1-27-23-12-8-21(9-13-23)26(22-10-14-24(28-2)15-11-22)25-18-20(16-17-29-25)19-6-4-3-5-7-19/h3-15,20,25H,16-18H2,1-2H3. The van der Waals surface area contributed by atoms with E-state index in [1.807, 2.05) is 24.3 Å². The van der Waals surface area contributed by atoms with Gasteiger partial charge in [-0.3, -0.25) is 0 Å². The second kappa shape index (κ2) is 9.01. The van der Waals surface area contributed by atoms with Gasteiger partial charge in [0, 0.05) is 18.0 Å². The Labute approximate surface area is 172 Å². The van der Waals surface area contributed by atoms with Gasteiger partial charge in [0.25, 0.3) is 0 Å². The SMILES string of the molecule is COc1ccc(N(c2ccc(OC)cc2)C2CC(c3ccccc3)CCO2)cc1. The second-order valence-corrected chi connectivity index (χ2v) is 7.22. The maximum absolute atomic E-state index is 6.28. The lowest BCUT2D eigenvalue weighted by atomic mass is 9.90. The molecular formula is C25H27NO3. The minimum atomic E-state index is -0.0456. The Morgan fingerprint density at radius 3 is 1.83 bits per heavy atom. The van der Waals surface area contributed by atoms with Crippen LogP contribution in [0.1, 0.15) is 24.3 Å². The van der Waals surface area contributed by atoms with Crippen LogP contribution in [0.2, 0.25) is 0 Å². The second-order valence-electron chi connectivity index (χ2n) is 7.22. The average molecular weight is 389 g/mol. The van der Waals surface area contributed by atoms with Crippen molar-refractivity contribution >= 4 is 11.4 Å². The summed E-state index contributed by atoms with van der Waals surface area (Å²) >= 11 is 0. The first-order valence-electron chi connectivity index (χ1n) is 10.0. The molecule has 3 aromatic rings. The molecule has 1 heterocycles. The molecule has 0 spiro atoms. The third-order valence-electron chi connectivity index (χ3n) is 5.52. The Hall–Kier alpha value is -2.98. The molecule has 2 unspecified atom stereocenters. The van der Waals surface area contributed by atoms with Gasteiger partial charge < -0.3 is 19.1 Å². The lowest BCUT2D eigenvalue weighted by molar-refractivity contribution is 0.0112. The first-order chi connectivity index (χ1) is 14.3. The number of anilines is 2. The average Bonchev–Trinajstić information content (AvgIpc) is 2.81. The monoisotopic (exact) mass is 389 g/mol. The zero-order chi connectivity index (χ0) is 20.1. The van der Waals surface area contributed by atoms with Crippen LogP contribution in [0, 0.1) is 0 Å². The highest BCUT2D eigenvalue weighted by Gasteiger charge is 2.29. The third kappa shape index (κ3) is 4.38. The molecule has 3 aromatic carbocycles. The van der Waals surface area contributed by atoms with Crippen LogP contribution in [0.25, 0.3) is 0 Å². The molecule has 1 saturated heterocycles. The van der Waals surface area contributed by atoms with Gasteiger partial charge in [-0.2, -0.15) is 0 Å². The summed E-state index contributed by atoms with van der Waals surface area (Å²) in [6.45, 7) is 0.743. The van der Waals surface area contributed by atoms with E-state index in [2.05, 4.69) is 59.5 Å². The zero-order valence-electron chi connectivity index (χ0n) is 17.0. The molecule has 1 aliphatic rings.